The maximum atomic E-state index is 13.9. The Kier molecular flexibility index (Phi) is 9.78. The van der Waals surface area contributed by atoms with Gasteiger partial charge in [-0.05, 0) is 46.1 Å². The number of nitrogens with one attached hydrogen (secondary N) is 1. The van der Waals surface area contributed by atoms with E-state index in [-0.39, 0.29) is 34.6 Å². The molecule has 0 aliphatic carbocycles. The van der Waals surface area contributed by atoms with Crippen LogP contribution in [0, 0.1) is 4.91 Å². The molecule has 0 atom stereocenters. The van der Waals surface area contributed by atoms with Crippen molar-refractivity contribution in [3.05, 3.63) is 136 Å². The third kappa shape index (κ3) is 7.46. The van der Waals surface area contributed by atoms with Crippen molar-refractivity contribution in [2.24, 2.45) is 10.3 Å². The molecule has 0 radical (unpaired) electrons. The molecule has 228 valence electrons. The SMILES string of the molecule is C=C/C(=N\N(C)Cc1ccc(NC(c2ccccc2)c2ccccc2)c(-c2ccc(Cl)c(C(F)(F)F)c2)c1N=O)C(F)(F)F. The van der Waals surface area contributed by atoms with E-state index in [0.717, 1.165) is 28.3 Å². The van der Waals surface area contributed by atoms with Gasteiger partial charge < -0.3 is 5.32 Å². The summed E-state index contributed by atoms with van der Waals surface area (Å²) in [6, 6.07) is 24.1. The minimum atomic E-state index is -4.81. The fraction of sp³-hybridized carbons (Fsp3) is 0.156. The van der Waals surface area contributed by atoms with Crippen LogP contribution in [0.1, 0.15) is 28.3 Å². The summed E-state index contributed by atoms with van der Waals surface area (Å²) >= 11 is 5.88. The van der Waals surface area contributed by atoms with E-state index in [1.165, 1.54) is 25.2 Å². The molecule has 0 fully saturated rings. The Morgan fingerprint density at radius 3 is 2.02 bits per heavy atom. The lowest BCUT2D eigenvalue weighted by atomic mass is 9.94. The highest BCUT2D eigenvalue weighted by molar-refractivity contribution is 6.31. The highest BCUT2D eigenvalue weighted by Crippen LogP contribution is 2.45. The predicted octanol–water partition coefficient (Wildman–Crippen LogP) is 10.2. The summed E-state index contributed by atoms with van der Waals surface area (Å²) in [5, 5.41) is 10.4. The number of hydrogen-bond donors (Lipinski definition) is 1. The number of allylic oxidation sites excluding steroid dienone is 1. The minimum Gasteiger partial charge on any atom is -0.374 e. The first-order valence-corrected chi connectivity index (χ1v) is 13.4. The summed E-state index contributed by atoms with van der Waals surface area (Å²) in [6.07, 6.45) is -9.04. The molecule has 0 aromatic heterocycles. The number of alkyl halides is 6. The first-order valence-electron chi connectivity index (χ1n) is 13.1. The van der Waals surface area contributed by atoms with Crippen LogP contribution in [0.2, 0.25) is 5.02 Å². The Bertz CT molecular complexity index is 1620. The summed E-state index contributed by atoms with van der Waals surface area (Å²) in [5.74, 6) is 0. The summed E-state index contributed by atoms with van der Waals surface area (Å²) in [7, 11) is 1.25. The van der Waals surface area contributed by atoms with E-state index in [0.29, 0.717) is 6.08 Å². The van der Waals surface area contributed by atoms with Crippen LogP contribution in [0.4, 0.5) is 37.7 Å². The summed E-state index contributed by atoms with van der Waals surface area (Å²) in [4.78, 5) is 12.4. The van der Waals surface area contributed by atoms with E-state index in [1.54, 1.807) is 0 Å². The fourth-order valence-corrected chi connectivity index (χ4v) is 4.89. The van der Waals surface area contributed by atoms with Crippen molar-refractivity contribution in [1.82, 2.24) is 5.01 Å². The molecule has 44 heavy (non-hydrogen) atoms. The van der Waals surface area contributed by atoms with E-state index in [4.69, 9.17) is 11.6 Å². The molecule has 0 spiro atoms. The van der Waals surface area contributed by atoms with Gasteiger partial charge in [-0.15, -0.1) is 4.91 Å². The molecule has 0 aliphatic rings. The fourth-order valence-electron chi connectivity index (χ4n) is 4.66. The standard InChI is InChI=1S/C32H25ClF6N4O/c1-3-27(32(37,38)39)41-43(2)19-23-15-17-26(40-29(20-10-6-4-7-11-20)21-12-8-5-9-13-21)28(30(23)42-44)22-14-16-25(33)24(18-22)31(34,35)36/h3-18,29,40H,1,19H2,2H3/b41-27+. The summed E-state index contributed by atoms with van der Waals surface area (Å²) in [6.45, 7) is 2.81. The average Bonchev–Trinajstić information content (AvgIpc) is 2.99. The first-order chi connectivity index (χ1) is 20.8. The Hall–Kier alpha value is -4.64. The van der Waals surface area contributed by atoms with Gasteiger partial charge in [-0.2, -0.15) is 31.4 Å². The number of rotatable bonds is 10. The molecule has 0 saturated heterocycles. The lowest BCUT2D eigenvalue weighted by Gasteiger charge is -2.25. The van der Waals surface area contributed by atoms with Gasteiger partial charge in [0.2, 0.25) is 0 Å². The van der Waals surface area contributed by atoms with Gasteiger partial charge in [0, 0.05) is 23.9 Å². The van der Waals surface area contributed by atoms with Crippen LogP contribution in [0.25, 0.3) is 11.1 Å². The zero-order valence-electron chi connectivity index (χ0n) is 23.1. The third-order valence-electron chi connectivity index (χ3n) is 6.64. The highest BCUT2D eigenvalue weighted by atomic mass is 35.5. The molecular formula is C32H25ClF6N4O. The van der Waals surface area contributed by atoms with Gasteiger partial charge in [-0.1, -0.05) is 91.0 Å². The van der Waals surface area contributed by atoms with Crippen LogP contribution in [0.15, 0.2) is 114 Å². The first kappa shape index (κ1) is 32.3. The zero-order valence-corrected chi connectivity index (χ0v) is 23.9. The number of hydrazone groups is 1. The molecule has 12 heteroatoms. The molecule has 4 aromatic carbocycles. The molecule has 0 bridgehead atoms. The smallest absolute Gasteiger partial charge is 0.374 e. The largest absolute Gasteiger partial charge is 0.435 e. The second-order valence-corrected chi connectivity index (χ2v) is 10.1. The van der Waals surface area contributed by atoms with Crippen LogP contribution < -0.4 is 5.32 Å². The summed E-state index contributed by atoms with van der Waals surface area (Å²) in [5.41, 5.74) is -0.682. The van der Waals surface area contributed by atoms with Crippen molar-refractivity contribution < 1.29 is 26.3 Å². The predicted molar refractivity (Wildman–Crippen MR) is 161 cm³/mol. The van der Waals surface area contributed by atoms with Crippen molar-refractivity contribution in [2.45, 2.75) is 24.9 Å². The van der Waals surface area contributed by atoms with Crippen LogP contribution in [0.5, 0.6) is 0 Å². The number of benzene rings is 4. The molecular weight excluding hydrogens is 606 g/mol. The van der Waals surface area contributed by atoms with E-state index in [1.807, 2.05) is 60.7 Å². The van der Waals surface area contributed by atoms with E-state index in [9.17, 15) is 31.2 Å². The Balaban J connectivity index is 1.92. The summed E-state index contributed by atoms with van der Waals surface area (Å²) < 4.78 is 81.4. The van der Waals surface area contributed by atoms with Crippen molar-refractivity contribution >= 4 is 28.7 Å². The van der Waals surface area contributed by atoms with E-state index >= 15 is 0 Å². The van der Waals surface area contributed by atoms with Crippen LogP contribution in [0.3, 0.4) is 0 Å². The number of anilines is 1. The lowest BCUT2D eigenvalue weighted by Crippen LogP contribution is -2.24. The molecule has 4 rings (SSSR count). The molecule has 5 nitrogen and oxygen atoms in total. The number of hydrogen-bond acceptors (Lipinski definition) is 5. The van der Waals surface area contributed by atoms with Gasteiger partial charge in [-0.25, -0.2) is 0 Å². The van der Waals surface area contributed by atoms with Gasteiger partial charge >= 0.3 is 12.4 Å². The maximum absolute atomic E-state index is 13.9. The molecule has 0 saturated carbocycles. The van der Waals surface area contributed by atoms with Crippen molar-refractivity contribution in [1.29, 1.82) is 0 Å². The normalized spacial score (nSPS) is 12.2. The Labute approximate surface area is 254 Å². The Morgan fingerprint density at radius 2 is 1.52 bits per heavy atom. The minimum absolute atomic E-state index is 0.00803. The third-order valence-corrected chi connectivity index (χ3v) is 6.97. The van der Waals surface area contributed by atoms with Crippen LogP contribution >= 0.6 is 11.6 Å². The number of halogens is 7. The molecule has 0 heterocycles. The molecule has 0 amide bonds. The average molecular weight is 631 g/mol. The molecule has 0 aliphatic heterocycles. The molecule has 0 unspecified atom stereocenters. The van der Waals surface area contributed by atoms with Crippen molar-refractivity contribution in [3.63, 3.8) is 0 Å². The monoisotopic (exact) mass is 630 g/mol. The van der Waals surface area contributed by atoms with Crippen LogP contribution in [-0.4, -0.2) is 23.9 Å². The molecule has 4 aromatic rings. The maximum Gasteiger partial charge on any atom is 0.435 e. The number of nitroso groups, excluding NO2 is 1. The highest BCUT2D eigenvalue weighted by Gasteiger charge is 2.35. The van der Waals surface area contributed by atoms with Crippen molar-refractivity contribution in [2.75, 3.05) is 12.4 Å². The van der Waals surface area contributed by atoms with Crippen molar-refractivity contribution in [3.8, 4) is 11.1 Å². The van der Waals surface area contributed by atoms with Gasteiger partial charge in [-0.3, -0.25) is 5.01 Å². The van der Waals surface area contributed by atoms with E-state index < -0.39 is 34.7 Å². The Morgan fingerprint density at radius 1 is 0.932 bits per heavy atom. The zero-order chi connectivity index (χ0) is 32.1. The second-order valence-electron chi connectivity index (χ2n) is 9.68. The second kappa shape index (κ2) is 13.3. The van der Waals surface area contributed by atoms with Gasteiger partial charge in [0.25, 0.3) is 0 Å². The van der Waals surface area contributed by atoms with Gasteiger partial charge in [0.1, 0.15) is 5.69 Å². The quantitative estimate of drug-likeness (QED) is 0.0821. The lowest BCUT2D eigenvalue weighted by molar-refractivity contribution is -0.137. The topological polar surface area (TPSA) is 57.1 Å². The van der Waals surface area contributed by atoms with Gasteiger partial charge in [0.05, 0.1) is 23.2 Å². The molecule has 1 N–H and O–H groups in total. The number of nitrogens with zero attached hydrogens (tertiary/aromatic N) is 3. The van der Waals surface area contributed by atoms with E-state index in [2.05, 4.69) is 22.2 Å². The van der Waals surface area contributed by atoms with Crippen LogP contribution in [-0.2, 0) is 12.7 Å². The van der Waals surface area contributed by atoms with Gasteiger partial charge in [0.15, 0.2) is 5.71 Å².